The molecule has 2 aliphatic rings. The number of carbonyl (C=O) groups excluding carboxylic acids is 1. The van der Waals surface area contributed by atoms with Crippen molar-refractivity contribution in [3.8, 4) is 0 Å². The van der Waals surface area contributed by atoms with Crippen molar-refractivity contribution in [1.82, 2.24) is 15.1 Å². The minimum atomic E-state index is -0.0457. The molecule has 2 heterocycles. The van der Waals surface area contributed by atoms with Crippen LogP contribution >= 0.6 is 11.3 Å². The van der Waals surface area contributed by atoms with E-state index in [0.29, 0.717) is 11.0 Å². The molecule has 23 heavy (non-hydrogen) atoms. The van der Waals surface area contributed by atoms with E-state index in [9.17, 15) is 4.79 Å². The first-order valence-electron chi connectivity index (χ1n) is 8.08. The number of carbonyl (C=O) groups is 1. The molecule has 6 heteroatoms. The summed E-state index contributed by atoms with van der Waals surface area (Å²) >= 11 is 1.52. The maximum absolute atomic E-state index is 12.7. The summed E-state index contributed by atoms with van der Waals surface area (Å²) in [6, 6.07) is 10.3. The van der Waals surface area contributed by atoms with Crippen LogP contribution in [0.1, 0.15) is 35.2 Å². The highest BCUT2D eigenvalue weighted by molar-refractivity contribution is 7.15. The van der Waals surface area contributed by atoms with E-state index in [4.69, 9.17) is 0 Å². The lowest BCUT2D eigenvalue weighted by molar-refractivity contribution is -0.119. The van der Waals surface area contributed by atoms with Gasteiger partial charge in [0.1, 0.15) is 5.01 Å². The minimum Gasteiger partial charge on any atom is -0.305 e. The van der Waals surface area contributed by atoms with Gasteiger partial charge in [0.25, 0.3) is 0 Å². The summed E-state index contributed by atoms with van der Waals surface area (Å²) in [4.78, 5) is 15.0. The van der Waals surface area contributed by atoms with Gasteiger partial charge in [0.05, 0.1) is 5.92 Å². The van der Waals surface area contributed by atoms with Crippen molar-refractivity contribution in [2.75, 3.05) is 25.5 Å². The van der Waals surface area contributed by atoms with Crippen molar-refractivity contribution >= 4 is 22.4 Å². The highest BCUT2D eigenvalue weighted by Crippen LogP contribution is 2.42. The Kier molecular flexibility index (Phi) is 3.87. The van der Waals surface area contributed by atoms with Crippen LogP contribution in [0.2, 0.25) is 0 Å². The molecule has 2 aromatic rings. The second-order valence-corrected chi connectivity index (χ2v) is 7.56. The van der Waals surface area contributed by atoms with E-state index in [2.05, 4.69) is 39.6 Å². The van der Waals surface area contributed by atoms with Crippen LogP contribution in [-0.4, -0.2) is 41.1 Å². The zero-order valence-electron chi connectivity index (χ0n) is 13.1. The number of benzene rings is 1. The minimum absolute atomic E-state index is 0.0457. The normalized spacial score (nSPS) is 24.7. The molecule has 0 radical (unpaired) electrons. The topological polar surface area (TPSA) is 58.1 Å². The SMILES string of the molecule is CN1C[C@H](C(=O)Nc2nnc(C3CC3)s2)[C@@H](c2ccccc2)C1. The van der Waals surface area contributed by atoms with Crippen molar-refractivity contribution in [2.45, 2.75) is 24.7 Å². The number of amides is 1. The molecule has 0 unspecified atom stereocenters. The van der Waals surface area contributed by atoms with Crippen LogP contribution < -0.4 is 5.32 Å². The van der Waals surface area contributed by atoms with Crippen molar-refractivity contribution < 1.29 is 4.79 Å². The standard InChI is InChI=1S/C17H20N4OS/c1-21-9-13(11-5-3-2-4-6-11)14(10-21)15(22)18-17-20-19-16(23-17)12-7-8-12/h2-6,12-14H,7-10H2,1H3,(H,18,20,22)/t13-,14+/m1/s1. The van der Waals surface area contributed by atoms with Gasteiger partial charge >= 0.3 is 0 Å². The number of likely N-dealkylation sites (tertiary alicyclic amines) is 1. The zero-order valence-corrected chi connectivity index (χ0v) is 13.9. The monoisotopic (exact) mass is 328 g/mol. The summed E-state index contributed by atoms with van der Waals surface area (Å²) in [6.07, 6.45) is 2.40. The number of likely N-dealkylation sites (N-methyl/N-ethyl adjacent to an activating group) is 1. The largest absolute Gasteiger partial charge is 0.305 e. The predicted molar refractivity (Wildman–Crippen MR) is 90.7 cm³/mol. The van der Waals surface area contributed by atoms with Crippen LogP contribution in [0.15, 0.2) is 30.3 Å². The maximum Gasteiger partial charge on any atom is 0.231 e. The van der Waals surface area contributed by atoms with Gasteiger partial charge in [-0.3, -0.25) is 4.79 Å². The molecule has 120 valence electrons. The molecule has 1 aromatic carbocycles. The lowest BCUT2D eigenvalue weighted by Crippen LogP contribution is -2.28. The fourth-order valence-corrected chi connectivity index (χ4v) is 4.20. The summed E-state index contributed by atoms with van der Waals surface area (Å²) in [5.74, 6) is 0.822. The lowest BCUT2D eigenvalue weighted by atomic mass is 9.88. The first kappa shape index (κ1) is 14.8. The molecule has 1 saturated heterocycles. The maximum atomic E-state index is 12.7. The molecule has 2 fully saturated rings. The number of nitrogens with zero attached hydrogens (tertiary/aromatic N) is 3. The van der Waals surface area contributed by atoms with Crippen LogP contribution in [-0.2, 0) is 4.79 Å². The first-order valence-corrected chi connectivity index (χ1v) is 8.90. The second-order valence-electron chi connectivity index (χ2n) is 6.55. The van der Waals surface area contributed by atoms with E-state index in [1.54, 1.807) is 0 Å². The van der Waals surface area contributed by atoms with Crippen LogP contribution in [0.3, 0.4) is 0 Å². The van der Waals surface area contributed by atoms with Crippen molar-refractivity contribution in [2.24, 2.45) is 5.92 Å². The Labute approximate surface area is 139 Å². The smallest absolute Gasteiger partial charge is 0.231 e. The molecule has 1 N–H and O–H groups in total. The summed E-state index contributed by atoms with van der Waals surface area (Å²) in [7, 11) is 2.07. The Hall–Kier alpha value is -1.79. The number of hydrogen-bond acceptors (Lipinski definition) is 5. The van der Waals surface area contributed by atoms with Gasteiger partial charge in [-0.25, -0.2) is 0 Å². The molecular weight excluding hydrogens is 308 g/mol. The fourth-order valence-electron chi connectivity index (χ4n) is 3.28. The number of aromatic nitrogens is 2. The van der Waals surface area contributed by atoms with E-state index in [1.165, 1.54) is 29.7 Å². The van der Waals surface area contributed by atoms with Gasteiger partial charge in [-0.2, -0.15) is 0 Å². The van der Waals surface area contributed by atoms with Gasteiger partial charge in [-0.1, -0.05) is 41.7 Å². The van der Waals surface area contributed by atoms with Crippen molar-refractivity contribution in [3.63, 3.8) is 0 Å². The molecule has 1 aliphatic heterocycles. The van der Waals surface area contributed by atoms with Gasteiger partial charge < -0.3 is 10.2 Å². The molecule has 1 amide bonds. The van der Waals surface area contributed by atoms with Crippen LogP contribution in [0.25, 0.3) is 0 Å². The molecular formula is C17H20N4OS. The predicted octanol–water partition coefficient (Wildman–Crippen LogP) is 2.70. The summed E-state index contributed by atoms with van der Waals surface area (Å²) < 4.78 is 0. The molecule has 1 aromatic heterocycles. The van der Waals surface area contributed by atoms with Crippen LogP contribution in [0.5, 0.6) is 0 Å². The Balaban J connectivity index is 1.49. The number of hydrogen-bond donors (Lipinski definition) is 1. The second kappa shape index (κ2) is 6.02. The quantitative estimate of drug-likeness (QED) is 0.937. The molecule has 4 rings (SSSR count). The van der Waals surface area contributed by atoms with E-state index in [-0.39, 0.29) is 17.7 Å². The summed E-state index contributed by atoms with van der Waals surface area (Å²) in [6.45, 7) is 1.69. The Morgan fingerprint density at radius 3 is 2.74 bits per heavy atom. The number of rotatable bonds is 4. The molecule has 5 nitrogen and oxygen atoms in total. The fraction of sp³-hybridized carbons (Fsp3) is 0.471. The highest BCUT2D eigenvalue weighted by atomic mass is 32.1. The van der Waals surface area contributed by atoms with Crippen LogP contribution in [0.4, 0.5) is 5.13 Å². The summed E-state index contributed by atoms with van der Waals surface area (Å²) in [5.41, 5.74) is 1.23. The van der Waals surface area contributed by atoms with E-state index in [0.717, 1.165) is 18.1 Å². The van der Waals surface area contributed by atoms with E-state index >= 15 is 0 Å². The third-order valence-corrected chi connectivity index (χ3v) is 5.67. The first-order chi connectivity index (χ1) is 11.2. The Bertz CT molecular complexity index is 698. The van der Waals surface area contributed by atoms with Crippen molar-refractivity contribution in [1.29, 1.82) is 0 Å². The molecule has 2 atom stereocenters. The number of nitrogens with one attached hydrogen (secondary N) is 1. The van der Waals surface area contributed by atoms with Gasteiger partial charge in [0, 0.05) is 24.9 Å². The highest BCUT2D eigenvalue weighted by Gasteiger charge is 2.37. The lowest BCUT2D eigenvalue weighted by Gasteiger charge is -2.17. The van der Waals surface area contributed by atoms with Gasteiger partial charge in [-0.05, 0) is 25.5 Å². The van der Waals surface area contributed by atoms with E-state index < -0.39 is 0 Å². The third-order valence-electron chi connectivity index (χ3n) is 4.66. The van der Waals surface area contributed by atoms with Crippen molar-refractivity contribution in [3.05, 3.63) is 40.9 Å². The molecule has 0 spiro atoms. The van der Waals surface area contributed by atoms with E-state index in [1.807, 2.05) is 18.2 Å². The summed E-state index contributed by atoms with van der Waals surface area (Å²) in [5, 5.41) is 13.0. The zero-order chi connectivity index (χ0) is 15.8. The van der Waals surface area contributed by atoms with Gasteiger partial charge in [-0.15, -0.1) is 10.2 Å². The van der Waals surface area contributed by atoms with Gasteiger partial charge in [0.15, 0.2) is 0 Å². The van der Waals surface area contributed by atoms with Crippen LogP contribution in [0, 0.1) is 5.92 Å². The molecule has 1 saturated carbocycles. The Morgan fingerprint density at radius 2 is 2.00 bits per heavy atom. The number of anilines is 1. The average Bonchev–Trinajstić information content (AvgIpc) is 3.18. The molecule has 1 aliphatic carbocycles. The Morgan fingerprint density at radius 1 is 1.22 bits per heavy atom. The third kappa shape index (κ3) is 3.14. The van der Waals surface area contributed by atoms with Gasteiger partial charge in [0.2, 0.25) is 11.0 Å². The molecule has 0 bridgehead atoms. The average molecular weight is 328 g/mol.